The standard InChI is InChI=1S/C12H18N2O/c1-14-5-4-12(13-14)15-8-11-7-9-2-3-10(11)6-9/h4-5,9-11H,2-3,6-8H2,1H3/t9-,10+,11?/m1/s1. The Morgan fingerprint density at radius 2 is 2.40 bits per heavy atom. The van der Waals surface area contributed by atoms with Crippen molar-refractivity contribution in [1.29, 1.82) is 0 Å². The van der Waals surface area contributed by atoms with Crippen molar-refractivity contribution >= 4 is 0 Å². The third-order valence-corrected chi connectivity index (χ3v) is 4.02. The van der Waals surface area contributed by atoms with Crippen LogP contribution in [0.3, 0.4) is 0 Å². The summed E-state index contributed by atoms with van der Waals surface area (Å²) < 4.78 is 7.52. The van der Waals surface area contributed by atoms with E-state index in [2.05, 4.69) is 5.10 Å². The second-order valence-corrected chi connectivity index (χ2v) is 5.07. The summed E-state index contributed by atoms with van der Waals surface area (Å²) in [5.74, 6) is 3.53. The maximum absolute atomic E-state index is 5.73. The van der Waals surface area contributed by atoms with Crippen molar-refractivity contribution in [1.82, 2.24) is 9.78 Å². The summed E-state index contributed by atoms with van der Waals surface area (Å²) in [5, 5.41) is 4.23. The van der Waals surface area contributed by atoms with E-state index in [1.165, 1.54) is 25.7 Å². The van der Waals surface area contributed by atoms with Crippen LogP contribution in [0.2, 0.25) is 0 Å². The summed E-state index contributed by atoms with van der Waals surface area (Å²) >= 11 is 0. The van der Waals surface area contributed by atoms with E-state index in [4.69, 9.17) is 4.74 Å². The van der Waals surface area contributed by atoms with Gasteiger partial charge in [0.2, 0.25) is 5.88 Å². The highest BCUT2D eigenvalue weighted by Crippen LogP contribution is 2.48. The molecule has 2 fully saturated rings. The lowest BCUT2D eigenvalue weighted by Gasteiger charge is -2.20. The molecule has 3 heteroatoms. The summed E-state index contributed by atoms with van der Waals surface area (Å²) in [6.45, 7) is 0.873. The predicted molar refractivity (Wildman–Crippen MR) is 57.6 cm³/mol. The van der Waals surface area contributed by atoms with Crippen molar-refractivity contribution in [2.24, 2.45) is 24.8 Å². The predicted octanol–water partition coefficient (Wildman–Crippen LogP) is 2.24. The molecule has 2 aliphatic carbocycles. The minimum absolute atomic E-state index is 0.778. The Kier molecular flexibility index (Phi) is 2.19. The molecule has 82 valence electrons. The number of ether oxygens (including phenoxy) is 1. The van der Waals surface area contributed by atoms with Crippen LogP contribution in [0.5, 0.6) is 5.88 Å². The summed E-state index contributed by atoms with van der Waals surface area (Å²) in [7, 11) is 1.92. The second-order valence-electron chi connectivity index (χ2n) is 5.07. The Labute approximate surface area is 90.4 Å². The third-order valence-electron chi connectivity index (χ3n) is 4.02. The largest absolute Gasteiger partial charge is 0.476 e. The van der Waals surface area contributed by atoms with Crippen molar-refractivity contribution in [3.63, 3.8) is 0 Å². The lowest BCUT2D eigenvalue weighted by Crippen LogP contribution is -2.18. The van der Waals surface area contributed by atoms with Gasteiger partial charge in [-0.25, -0.2) is 0 Å². The van der Waals surface area contributed by atoms with E-state index in [9.17, 15) is 0 Å². The van der Waals surface area contributed by atoms with Crippen LogP contribution >= 0.6 is 0 Å². The number of aromatic nitrogens is 2. The van der Waals surface area contributed by atoms with E-state index in [0.717, 1.165) is 30.2 Å². The van der Waals surface area contributed by atoms with Crippen LogP contribution in [0.4, 0.5) is 0 Å². The molecule has 1 aromatic rings. The summed E-state index contributed by atoms with van der Waals surface area (Å²) in [5.41, 5.74) is 0. The van der Waals surface area contributed by atoms with Gasteiger partial charge in [0.25, 0.3) is 0 Å². The van der Waals surface area contributed by atoms with Crippen LogP contribution in [0.15, 0.2) is 12.3 Å². The molecule has 15 heavy (non-hydrogen) atoms. The average molecular weight is 206 g/mol. The molecule has 0 spiro atoms. The van der Waals surface area contributed by atoms with Crippen molar-refractivity contribution in [3.05, 3.63) is 12.3 Å². The molecule has 2 aliphatic rings. The maximum atomic E-state index is 5.73. The van der Waals surface area contributed by atoms with E-state index < -0.39 is 0 Å². The highest BCUT2D eigenvalue weighted by atomic mass is 16.5. The zero-order valence-electron chi connectivity index (χ0n) is 9.22. The first-order valence-electron chi connectivity index (χ1n) is 5.93. The molecule has 0 amide bonds. The third kappa shape index (κ3) is 1.75. The van der Waals surface area contributed by atoms with Gasteiger partial charge in [-0.15, -0.1) is 5.10 Å². The molecule has 2 saturated carbocycles. The SMILES string of the molecule is Cn1ccc(OCC2C[C@@H]3CC[C@H]2C3)n1. The van der Waals surface area contributed by atoms with Crippen molar-refractivity contribution in [2.45, 2.75) is 25.7 Å². The van der Waals surface area contributed by atoms with Crippen LogP contribution < -0.4 is 4.74 Å². The van der Waals surface area contributed by atoms with Gasteiger partial charge in [-0.05, 0) is 37.0 Å². The van der Waals surface area contributed by atoms with Crippen molar-refractivity contribution < 1.29 is 4.74 Å². The van der Waals surface area contributed by atoms with Crippen molar-refractivity contribution in [3.8, 4) is 5.88 Å². The lowest BCUT2D eigenvalue weighted by atomic mass is 9.90. The molecule has 1 aromatic heterocycles. The Bertz CT molecular complexity index is 347. The summed E-state index contributed by atoms with van der Waals surface area (Å²) in [4.78, 5) is 0. The Morgan fingerprint density at radius 1 is 1.47 bits per heavy atom. The number of rotatable bonds is 3. The molecule has 1 unspecified atom stereocenters. The molecule has 1 heterocycles. The number of nitrogens with zero attached hydrogens (tertiary/aromatic N) is 2. The van der Waals surface area contributed by atoms with Gasteiger partial charge < -0.3 is 4.74 Å². The number of fused-ring (bicyclic) bond motifs is 2. The van der Waals surface area contributed by atoms with Gasteiger partial charge in [-0.3, -0.25) is 4.68 Å². The van der Waals surface area contributed by atoms with E-state index >= 15 is 0 Å². The molecular weight excluding hydrogens is 188 g/mol. The van der Waals surface area contributed by atoms with Gasteiger partial charge in [0.1, 0.15) is 0 Å². The van der Waals surface area contributed by atoms with Crippen LogP contribution in [0, 0.1) is 17.8 Å². The first-order valence-corrected chi connectivity index (χ1v) is 5.93. The Balaban J connectivity index is 1.54. The fraction of sp³-hybridized carbons (Fsp3) is 0.750. The van der Waals surface area contributed by atoms with Gasteiger partial charge in [-0.1, -0.05) is 6.42 Å². The fourth-order valence-corrected chi connectivity index (χ4v) is 3.24. The molecule has 3 atom stereocenters. The van der Waals surface area contributed by atoms with Gasteiger partial charge >= 0.3 is 0 Å². The van der Waals surface area contributed by atoms with Gasteiger partial charge in [-0.2, -0.15) is 0 Å². The van der Waals surface area contributed by atoms with Crippen LogP contribution in [-0.2, 0) is 7.05 Å². The molecule has 2 bridgehead atoms. The maximum Gasteiger partial charge on any atom is 0.232 e. The minimum Gasteiger partial charge on any atom is -0.476 e. The molecule has 0 radical (unpaired) electrons. The van der Waals surface area contributed by atoms with E-state index in [1.54, 1.807) is 4.68 Å². The average Bonchev–Trinajstić information content (AvgIpc) is 2.90. The summed E-state index contributed by atoms with van der Waals surface area (Å²) in [6, 6.07) is 1.94. The molecule has 0 aliphatic heterocycles. The quantitative estimate of drug-likeness (QED) is 0.758. The van der Waals surface area contributed by atoms with E-state index in [1.807, 2.05) is 19.3 Å². The lowest BCUT2D eigenvalue weighted by molar-refractivity contribution is 0.189. The van der Waals surface area contributed by atoms with Gasteiger partial charge in [0.05, 0.1) is 6.61 Å². The smallest absolute Gasteiger partial charge is 0.232 e. The summed E-state index contributed by atoms with van der Waals surface area (Å²) in [6.07, 6.45) is 7.66. The first-order chi connectivity index (χ1) is 7.31. The normalized spacial score (nSPS) is 33.5. The number of hydrogen-bond donors (Lipinski definition) is 0. The Morgan fingerprint density at radius 3 is 3.00 bits per heavy atom. The van der Waals surface area contributed by atoms with Crippen LogP contribution in [0.1, 0.15) is 25.7 Å². The zero-order chi connectivity index (χ0) is 10.3. The monoisotopic (exact) mass is 206 g/mol. The van der Waals surface area contributed by atoms with Gasteiger partial charge in [0.15, 0.2) is 0 Å². The van der Waals surface area contributed by atoms with Crippen LogP contribution in [0.25, 0.3) is 0 Å². The van der Waals surface area contributed by atoms with Gasteiger partial charge in [0, 0.05) is 19.3 Å². The molecule has 3 nitrogen and oxygen atoms in total. The first kappa shape index (κ1) is 9.25. The second kappa shape index (κ2) is 3.54. The molecule has 0 aromatic carbocycles. The van der Waals surface area contributed by atoms with Crippen molar-refractivity contribution in [2.75, 3.05) is 6.61 Å². The Hall–Kier alpha value is -0.990. The van der Waals surface area contributed by atoms with E-state index in [-0.39, 0.29) is 0 Å². The number of aryl methyl sites for hydroxylation is 1. The molecular formula is C12H18N2O. The molecule has 0 N–H and O–H groups in total. The van der Waals surface area contributed by atoms with Crippen LogP contribution in [-0.4, -0.2) is 16.4 Å². The number of hydrogen-bond acceptors (Lipinski definition) is 2. The molecule has 0 saturated heterocycles. The molecule has 3 rings (SSSR count). The topological polar surface area (TPSA) is 27.1 Å². The highest BCUT2D eigenvalue weighted by Gasteiger charge is 2.39. The highest BCUT2D eigenvalue weighted by molar-refractivity contribution is 5.05. The zero-order valence-corrected chi connectivity index (χ0v) is 9.22. The fourth-order valence-electron chi connectivity index (χ4n) is 3.24. The van der Waals surface area contributed by atoms with E-state index in [0.29, 0.717) is 0 Å². The minimum atomic E-state index is 0.778.